The topological polar surface area (TPSA) is 162 Å². The second kappa shape index (κ2) is 11.6. The third-order valence-corrected chi connectivity index (χ3v) is 5.63. The molecule has 0 spiro atoms. The molecule has 1 heterocycles. The number of phenols is 1. The lowest BCUT2D eigenvalue weighted by Gasteiger charge is -2.28. The fraction of sp³-hybridized carbons (Fsp3) is 0.565. The summed E-state index contributed by atoms with van der Waals surface area (Å²) in [5, 5.41) is 24.2. The molecule has 1 aromatic rings. The number of phenolic OH excluding ortho intramolecular Hbond substituents is 1. The van der Waals surface area contributed by atoms with Crippen LogP contribution in [0.4, 0.5) is 0 Å². The number of nitrogens with one attached hydrogen (secondary N) is 2. The molecule has 1 saturated heterocycles. The molecule has 2 rings (SSSR count). The number of hydrogen-bond acceptors (Lipinski definition) is 6. The summed E-state index contributed by atoms with van der Waals surface area (Å²) in [5.41, 5.74) is 6.55. The normalized spacial score (nSPS) is 18.5. The van der Waals surface area contributed by atoms with Gasteiger partial charge in [0.1, 0.15) is 23.9 Å². The molecule has 182 valence electrons. The third kappa shape index (κ3) is 7.45. The first-order valence-electron chi connectivity index (χ1n) is 11.2. The summed E-state index contributed by atoms with van der Waals surface area (Å²) in [6.07, 6.45) is 1.47. The van der Waals surface area contributed by atoms with E-state index in [1.54, 1.807) is 12.1 Å². The van der Waals surface area contributed by atoms with Gasteiger partial charge in [-0.25, -0.2) is 4.79 Å². The molecule has 33 heavy (non-hydrogen) atoms. The van der Waals surface area contributed by atoms with Gasteiger partial charge in [-0.3, -0.25) is 14.4 Å². The van der Waals surface area contributed by atoms with Crippen LogP contribution in [0.5, 0.6) is 5.75 Å². The molecule has 0 saturated carbocycles. The zero-order valence-corrected chi connectivity index (χ0v) is 19.3. The molecule has 6 N–H and O–H groups in total. The first-order chi connectivity index (χ1) is 15.5. The highest BCUT2D eigenvalue weighted by molar-refractivity contribution is 5.94. The fourth-order valence-electron chi connectivity index (χ4n) is 3.85. The van der Waals surface area contributed by atoms with Crippen molar-refractivity contribution in [2.75, 3.05) is 6.54 Å². The Hall–Kier alpha value is -3.14. The van der Waals surface area contributed by atoms with Crippen LogP contribution >= 0.6 is 0 Å². The largest absolute Gasteiger partial charge is 0.508 e. The Balaban J connectivity index is 2.14. The maximum absolute atomic E-state index is 13.2. The fourth-order valence-corrected chi connectivity index (χ4v) is 3.85. The van der Waals surface area contributed by atoms with E-state index in [-0.39, 0.29) is 24.6 Å². The molecule has 0 aromatic heterocycles. The number of benzene rings is 1. The minimum atomic E-state index is -1.09. The summed E-state index contributed by atoms with van der Waals surface area (Å²) in [7, 11) is 0. The number of aromatic hydroxyl groups is 1. The zero-order valence-electron chi connectivity index (χ0n) is 19.3. The molecule has 1 aliphatic heterocycles. The maximum Gasteiger partial charge on any atom is 0.326 e. The van der Waals surface area contributed by atoms with E-state index < -0.39 is 47.9 Å². The van der Waals surface area contributed by atoms with Crippen molar-refractivity contribution in [1.82, 2.24) is 15.5 Å². The third-order valence-electron chi connectivity index (χ3n) is 5.63. The highest BCUT2D eigenvalue weighted by Crippen LogP contribution is 2.20. The van der Waals surface area contributed by atoms with Crippen LogP contribution in [0.1, 0.15) is 45.6 Å². The van der Waals surface area contributed by atoms with Gasteiger partial charge in [0.25, 0.3) is 0 Å². The second-order valence-corrected chi connectivity index (χ2v) is 8.93. The van der Waals surface area contributed by atoms with E-state index in [0.29, 0.717) is 24.8 Å². The van der Waals surface area contributed by atoms with Crippen molar-refractivity contribution < 1.29 is 29.4 Å². The second-order valence-electron chi connectivity index (χ2n) is 8.93. The summed E-state index contributed by atoms with van der Waals surface area (Å²) < 4.78 is 0. The van der Waals surface area contributed by atoms with Crippen LogP contribution in [-0.2, 0) is 25.6 Å². The van der Waals surface area contributed by atoms with Crippen molar-refractivity contribution in [1.29, 1.82) is 0 Å². The van der Waals surface area contributed by atoms with E-state index in [4.69, 9.17) is 5.73 Å². The van der Waals surface area contributed by atoms with Gasteiger partial charge in [-0.1, -0.05) is 26.0 Å². The smallest absolute Gasteiger partial charge is 0.326 e. The van der Waals surface area contributed by atoms with E-state index in [0.717, 1.165) is 0 Å². The molecule has 10 heteroatoms. The van der Waals surface area contributed by atoms with Crippen LogP contribution < -0.4 is 16.4 Å². The van der Waals surface area contributed by atoms with E-state index in [9.17, 15) is 29.4 Å². The van der Waals surface area contributed by atoms with E-state index in [2.05, 4.69) is 10.6 Å². The van der Waals surface area contributed by atoms with E-state index in [1.165, 1.54) is 24.0 Å². The molecule has 0 aliphatic carbocycles. The van der Waals surface area contributed by atoms with Crippen LogP contribution in [0.2, 0.25) is 0 Å². The Labute approximate surface area is 193 Å². The Kier molecular flexibility index (Phi) is 9.22. The minimum absolute atomic E-state index is 0.0604. The number of carbonyl (C=O) groups is 4. The Morgan fingerprint density at radius 2 is 1.73 bits per heavy atom. The number of carboxylic acids is 1. The minimum Gasteiger partial charge on any atom is -0.508 e. The molecule has 1 fully saturated rings. The Morgan fingerprint density at radius 3 is 2.30 bits per heavy atom. The predicted octanol–water partition coefficient (Wildman–Crippen LogP) is 0.373. The number of likely N-dealkylation sites (tertiary alicyclic amines) is 1. The molecule has 4 atom stereocenters. The van der Waals surface area contributed by atoms with Crippen molar-refractivity contribution in [3.05, 3.63) is 29.8 Å². The van der Waals surface area contributed by atoms with Gasteiger partial charge in [-0.2, -0.15) is 0 Å². The SMILES string of the molecule is CC(C)CC(N)C(=O)NC(C)C(=O)NC(Cc1ccc(O)cc1)C(=O)N1CCCC1C(=O)O. The lowest BCUT2D eigenvalue weighted by molar-refractivity contribution is -0.149. The van der Waals surface area contributed by atoms with Crippen LogP contribution in [0.25, 0.3) is 0 Å². The monoisotopic (exact) mass is 462 g/mol. The van der Waals surface area contributed by atoms with Gasteiger partial charge in [0.2, 0.25) is 17.7 Å². The lowest BCUT2D eigenvalue weighted by Crippen LogP contribution is -2.57. The van der Waals surface area contributed by atoms with Crippen molar-refractivity contribution in [3.8, 4) is 5.75 Å². The van der Waals surface area contributed by atoms with Crippen molar-refractivity contribution >= 4 is 23.7 Å². The highest BCUT2D eigenvalue weighted by Gasteiger charge is 2.38. The molecule has 4 unspecified atom stereocenters. The Morgan fingerprint density at radius 1 is 1.09 bits per heavy atom. The summed E-state index contributed by atoms with van der Waals surface area (Å²) >= 11 is 0. The van der Waals surface area contributed by atoms with E-state index in [1.807, 2.05) is 13.8 Å². The van der Waals surface area contributed by atoms with Gasteiger partial charge in [0.15, 0.2) is 0 Å². The van der Waals surface area contributed by atoms with Crippen LogP contribution in [0.15, 0.2) is 24.3 Å². The average molecular weight is 463 g/mol. The first-order valence-corrected chi connectivity index (χ1v) is 11.2. The van der Waals surface area contributed by atoms with Crippen molar-refractivity contribution in [3.63, 3.8) is 0 Å². The van der Waals surface area contributed by atoms with Gasteiger partial charge < -0.3 is 31.5 Å². The summed E-state index contributed by atoms with van der Waals surface area (Å²) in [6, 6.07) is 2.50. The molecule has 10 nitrogen and oxygen atoms in total. The van der Waals surface area contributed by atoms with Gasteiger partial charge in [0.05, 0.1) is 6.04 Å². The lowest BCUT2D eigenvalue weighted by atomic mass is 10.0. The highest BCUT2D eigenvalue weighted by atomic mass is 16.4. The number of aliphatic carboxylic acids is 1. The first kappa shape index (κ1) is 26.1. The van der Waals surface area contributed by atoms with Gasteiger partial charge in [-0.05, 0) is 49.8 Å². The number of amides is 3. The van der Waals surface area contributed by atoms with Crippen molar-refractivity contribution in [2.45, 2.75) is 70.6 Å². The summed E-state index contributed by atoms with van der Waals surface area (Å²) in [5.74, 6) is -2.36. The quantitative estimate of drug-likeness (QED) is 0.335. The average Bonchev–Trinajstić information content (AvgIpc) is 3.23. The molecule has 0 bridgehead atoms. The number of nitrogens with zero attached hydrogens (tertiary/aromatic N) is 1. The number of carboxylic acid groups (broad SMARTS) is 1. The summed E-state index contributed by atoms with van der Waals surface area (Å²) in [4.78, 5) is 51.2. The van der Waals surface area contributed by atoms with Crippen molar-refractivity contribution in [2.24, 2.45) is 11.7 Å². The summed E-state index contributed by atoms with van der Waals surface area (Å²) in [6.45, 7) is 5.65. The zero-order chi connectivity index (χ0) is 24.7. The van der Waals surface area contributed by atoms with Gasteiger partial charge >= 0.3 is 5.97 Å². The number of rotatable bonds is 10. The molecular formula is C23H34N4O6. The van der Waals surface area contributed by atoms with Crippen LogP contribution in [0.3, 0.4) is 0 Å². The Bertz CT molecular complexity index is 857. The predicted molar refractivity (Wildman–Crippen MR) is 121 cm³/mol. The van der Waals surface area contributed by atoms with E-state index >= 15 is 0 Å². The number of carbonyl (C=O) groups excluding carboxylic acids is 3. The molecular weight excluding hydrogens is 428 g/mol. The number of hydrogen-bond donors (Lipinski definition) is 5. The molecule has 1 aromatic carbocycles. The van der Waals surface area contributed by atoms with Gasteiger partial charge in [-0.15, -0.1) is 0 Å². The molecule has 0 radical (unpaired) electrons. The van der Waals surface area contributed by atoms with Gasteiger partial charge in [0, 0.05) is 13.0 Å². The molecule has 3 amide bonds. The van der Waals surface area contributed by atoms with Crippen LogP contribution in [-0.4, -0.2) is 69.5 Å². The molecule has 1 aliphatic rings. The number of nitrogens with two attached hydrogens (primary N) is 1. The standard InChI is InChI=1S/C23H34N4O6/c1-13(2)11-17(24)21(30)25-14(3)20(29)26-18(12-15-6-8-16(28)9-7-15)22(31)27-10-4-5-19(27)23(32)33/h6-9,13-14,17-19,28H,4-5,10-12,24H2,1-3H3,(H,25,30)(H,26,29)(H,32,33). The maximum atomic E-state index is 13.2. The van der Waals surface area contributed by atoms with Crippen LogP contribution in [0, 0.1) is 5.92 Å².